The number of hydrogen-bond donors (Lipinski definition) is 2. The summed E-state index contributed by atoms with van der Waals surface area (Å²) in [5.41, 5.74) is 3.30. The normalized spacial score (nSPS) is 11.5. The summed E-state index contributed by atoms with van der Waals surface area (Å²) >= 11 is 2.84. The molecule has 1 aromatic heterocycles. The molecule has 0 bridgehead atoms. The van der Waals surface area contributed by atoms with Crippen LogP contribution in [0.3, 0.4) is 0 Å². The van der Waals surface area contributed by atoms with Gasteiger partial charge in [0.15, 0.2) is 5.13 Å². The van der Waals surface area contributed by atoms with Gasteiger partial charge in [0.1, 0.15) is 5.75 Å². The lowest BCUT2D eigenvalue weighted by molar-refractivity contribution is -0.116. The molecule has 0 spiro atoms. The predicted octanol–water partition coefficient (Wildman–Crippen LogP) is 6.51. The molecule has 4 rings (SSSR count). The maximum atomic E-state index is 13.0. The molecular formula is C28H27N3O3S2. The number of nitrogens with one attached hydrogen (secondary N) is 2. The lowest BCUT2D eigenvalue weighted by Gasteiger charge is -2.14. The Morgan fingerprint density at radius 2 is 1.78 bits per heavy atom. The lowest BCUT2D eigenvalue weighted by atomic mass is 10.1. The number of carbonyl (C=O) groups excluding carboxylic acids is 2. The van der Waals surface area contributed by atoms with Crippen LogP contribution in [0, 0.1) is 0 Å². The number of thiazole rings is 1. The first-order chi connectivity index (χ1) is 17.6. The topological polar surface area (TPSA) is 80.3 Å². The number of nitrogens with zero attached hydrogens (tertiary/aromatic N) is 1. The molecule has 1 heterocycles. The molecule has 3 aromatic carbocycles. The van der Waals surface area contributed by atoms with Crippen molar-refractivity contribution in [2.75, 3.05) is 17.7 Å². The zero-order chi connectivity index (χ0) is 25.3. The van der Waals surface area contributed by atoms with Crippen LogP contribution in [0.4, 0.5) is 10.8 Å². The van der Waals surface area contributed by atoms with E-state index in [1.807, 2.05) is 91.2 Å². The van der Waals surface area contributed by atoms with E-state index in [0.29, 0.717) is 23.7 Å². The SMILES string of the molecule is CCC(Sc1cccc(NC(=O)Cc2ccccc2)c1)C(=O)Nc1nc(-c2ccccc2OC)cs1. The summed E-state index contributed by atoms with van der Waals surface area (Å²) in [7, 11) is 1.63. The van der Waals surface area contributed by atoms with E-state index in [0.717, 1.165) is 27.5 Å². The molecule has 0 aliphatic heterocycles. The van der Waals surface area contributed by atoms with Crippen LogP contribution in [-0.4, -0.2) is 29.2 Å². The minimum Gasteiger partial charge on any atom is -0.496 e. The van der Waals surface area contributed by atoms with E-state index in [1.54, 1.807) is 7.11 Å². The third-order valence-electron chi connectivity index (χ3n) is 5.38. The fourth-order valence-corrected chi connectivity index (χ4v) is 5.34. The molecule has 36 heavy (non-hydrogen) atoms. The third-order valence-corrected chi connectivity index (χ3v) is 7.50. The van der Waals surface area contributed by atoms with Crippen LogP contribution in [0.25, 0.3) is 11.3 Å². The van der Waals surface area contributed by atoms with Gasteiger partial charge in [-0.3, -0.25) is 9.59 Å². The second-order valence-electron chi connectivity index (χ2n) is 7.98. The Balaban J connectivity index is 1.37. The van der Waals surface area contributed by atoms with Crippen LogP contribution < -0.4 is 15.4 Å². The van der Waals surface area contributed by atoms with E-state index in [4.69, 9.17) is 4.74 Å². The Kier molecular flexibility index (Phi) is 8.76. The van der Waals surface area contributed by atoms with Gasteiger partial charge in [0.2, 0.25) is 11.8 Å². The largest absolute Gasteiger partial charge is 0.496 e. The van der Waals surface area contributed by atoms with Crippen molar-refractivity contribution in [1.29, 1.82) is 0 Å². The number of ether oxygens (including phenoxy) is 1. The van der Waals surface area contributed by atoms with Crippen LogP contribution in [0.15, 0.2) is 89.1 Å². The molecule has 0 fully saturated rings. The molecule has 0 saturated heterocycles. The average molecular weight is 518 g/mol. The van der Waals surface area contributed by atoms with Gasteiger partial charge in [-0.2, -0.15) is 0 Å². The van der Waals surface area contributed by atoms with Crippen LogP contribution >= 0.6 is 23.1 Å². The number of anilines is 2. The number of methoxy groups -OCH3 is 1. The summed E-state index contributed by atoms with van der Waals surface area (Å²) in [6.07, 6.45) is 0.953. The zero-order valence-corrected chi connectivity index (χ0v) is 21.7. The van der Waals surface area contributed by atoms with Gasteiger partial charge in [-0.15, -0.1) is 23.1 Å². The van der Waals surface area contributed by atoms with E-state index in [1.165, 1.54) is 23.1 Å². The highest BCUT2D eigenvalue weighted by atomic mass is 32.2. The van der Waals surface area contributed by atoms with Gasteiger partial charge in [0.25, 0.3) is 0 Å². The maximum absolute atomic E-state index is 13.0. The molecule has 4 aromatic rings. The molecular weight excluding hydrogens is 490 g/mol. The van der Waals surface area contributed by atoms with Gasteiger partial charge >= 0.3 is 0 Å². The quantitative estimate of drug-likeness (QED) is 0.234. The number of benzene rings is 3. The van der Waals surface area contributed by atoms with E-state index in [9.17, 15) is 9.59 Å². The summed E-state index contributed by atoms with van der Waals surface area (Å²) in [5.74, 6) is 0.545. The molecule has 0 aliphatic rings. The molecule has 0 saturated carbocycles. The van der Waals surface area contributed by atoms with Gasteiger partial charge in [-0.05, 0) is 42.3 Å². The van der Waals surface area contributed by atoms with Gasteiger partial charge < -0.3 is 15.4 Å². The lowest BCUT2D eigenvalue weighted by Crippen LogP contribution is -2.24. The molecule has 6 nitrogen and oxygen atoms in total. The number of aromatic nitrogens is 1. The summed E-state index contributed by atoms with van der Waals surface area (Å²) in [5, 5.41) is 8.04. The number of amides is 2. The average Bonchev–Trinajstić information content (AvgIpc) is 3.36. The number of para-hydroxylation sites is 1. The van der Waals surface area contributed by atoms with Crippen molar-refractivity contribution in [2.24, 2.45) is 0 Å². The first kappa shape index (κ1) is 25.5. The highest BCUT2D eigenvalue weighted by Gasteiger charge is 2.20. The molecule has 1 unspecified atom stereocenters. The molecule has 0 radical (unpaired) electrons. The Bertz CT molecular complexity index is 1320. The maximum Gasteiger partial charge on any atom is 0.239 e. The third kappa shape index (κ3) is 6.74. The number of carbonyl (C=O) groups is 2. The second kappa shape index (κ2) is 12.4. The zero-order valence-electron chi connectivity index (χ0n) is 20.1. The van der Waals surface area contributed by atoms with Crippen molar-refractivity contribution in [3.63, 3.8) is 0 Å². The molecule has 8 heteroatoms. The summed E-state index contributed by atoms with van der Waals surface area (Å²) in [4.78, 5) is 30.9. The fourth-order valence-electron chi connectivity index (χ4n) is 3.62. The van der Waals surface area contributed by atoms with E-state index >= 15 is 0 Å². The molecule has 2 N–H and O–H groups in total. The first-order valence-electron chi connectivity index (χ1n) is 11.6. The summed E-state index contributed by atoms with van der Waals surface area (Å²) < 4.78 is 5.42. The first-order valence-corrected chi connectivity index (χ1v) is 13.3. The molecule has 0 aliphatic carbocycles. The van der Waals surface area contributed by atoms with E-state index in [-0.39, 0.29) is 17.1 Å². The summed E-state index contributed by atoms with van der Waals surface area (Å²) in [6, 6.07) is 24.8. The van der Waals surface area contributed by atoms with E-state index < -0.39 is 0 Å². The van der Waals surface area contributed by atoms with E-state index in [2.05, 4.69) is 15.6 Å². The minimum atomic E-state index is -0.307. The van der Waals surface area contributed by atoms with Gasteiger partial charge in [0, 0.05) is 21.5 Å². The van der Waals surface area contributed by atoms with Crippen LogP contribution in [0.2, 0.25) is 0 Å². The van der Waals surface area contributed by atoms with Crippen LogP contribution in [-0.2, 0) is 16.0 Å². The Morgan fingerprint density at radius 1 is 1.00 bits per heavy atom. The highest BCUT2D eigenvalue weighted by molar-refractivity contribution is 8.00. The molecule has 2 amide bonds. The summed E-state index contributed by atoms with van der Waals surface area (Å²) in [6.45, 7) is 1.98. The standard InChI is InChI=1S/C28H27N3O3S2/c1-3-25(27(33)31-28-30-23(18-35-28)22-14-7-8-15-24(22)34-2)36-21-13-9-12-20(17-21)29-26(32)16-19-10-5-4-6-11-19/h4-15,17-18,25H,3,16H2,1-2H3,(H,29,32)(H,30,31,33). The Morgan fingerprint density at radius 3 is 2.56 bits per heavy atom. The van der Waals surface area contributed by atoms with Crippen molar-refractivity contribution < 1.29 is 14.3 Å². The Hall–Kier alpha value is -3.62. The van der Waals surface area contributed by atoms with Crippen molar-refractivity contribution in [3.05, 3.63) is 89.8 Å². The van der Waals surface area contributed by atoms with Gasteiger partial charge in [0.05, 0.1) is 24.5 Å². The van der Waals surface area contributed by atoms with Crippen molar-refractivity contribution in [2.45, 2.75) is 29.9 Å². The number of rotatable bonds is 10. The number of thioether (sulfide) groups is 1. The van der Waals surface area contributed by atoms with Gasteiger partial charge in [-0.1, -0.05) is 55.5 Å². The molecule has 184 valence electrons. The van der Waals surface area contributed by atoms with Crippen molar-refractivity contribution >= 4 is 45.7 Å². The Labute approximate surface area is 219 Å². The fraction of sp³-hybridized carbons (Fsp3) is 0.179. The van der Waals surface area contributed by atoms with Crippen molar-refractivity contribution in [3.8, 4) is 17.0 Å². The van der Waals surface area contributed by atoms with Crippen LogP contribution in [0.5, 0.6) is 5.75 Å². The smallest absolute Gasteiger partial charge is 0.239 e. The highest BCUT2D eigenvalue weighted by Crippen LogP contribution is 2.33. The minimum absolute atomic E-state index is 0.0808. The monoisotopic (exact) mass is 517 g/mol. The second-order valence-corrected chi connectivity index (χ2v) is 10.1. The van der Waals surface area contributed by atoms with Crippen LogP contribution in [0.1, 0.15) is 18.9 Å². The predicted molar refractivity (Wildman–Crippen MR) is 148 cm³/mol. The van der Waals surface area contributed by atoms with Gasteiger partial charge in [-0.25, -0.2) is 4.98 Å². The number of hydrogen-bond acceptors (Lipinski definition) is 6. The van der Waals surface area contributed by atoms with Crippen molar-refractivity contribution in [1.82, 2.24) is 4.98 Å². The molecule has 1 atom stereocenters.